The molecule has 0 spiro atoms. The first-order valence-electron chi connectivity index (χ1n) is 3.14. The second-order valence-electron chi connectivity index (χ2n) is 2.20. The number of nitro groups is 1. The van der Waals surface area contributed by atoms with Gasteiger partial charge in [0.25, 0.3) is 5.69 Å². The van der Waals surface area contributed by atoms with Gasteiger partial charge < -0.3 is 0 Å². The van der Waals surface area contributed by atoms with E-state index in [4.69, 9.17) is 4.55 Å². The van der Waals surface area contributed by atoms with Gasteiger partial charge in [-0.05, 0) is 6.07 Å². The minimum atomic E-state index is -4.52. The van der Waals surface area contributed by atoms with Gasteiger partial charge >= 0.3 is 10.1 Å². The van der Waals surface area contributed by atoms with Crippen LogP contribution in [0.2, 0.25) is 0 Å². The molecule has 0 atom stereocenters. The predicted octanol–water partition coefficient (Wildman–Crippen LogP) is 0.839. The Hall–Kier alpha value is -0.587. The van der Waals surface area contributed by atoms with Gasteiger partial charge in [-0.3, -0.25) is 14.7 Å². The normalized spacial score (nSPS) is 10.4. The maximum Gasteiger partial charge on any atom is 0.301 e. The van der Waals surface area contributed by atoms with Crippen molar-refractivity contribution in [1.82, 2.24) is 0 Å². The van der Waals surface area contributed by atoms with E-state index >= 15 is 0 Å². The van der Waals surface area contributed by atoms with Crippen molar-refractivity contribution in [3.63, 3.8) is 0 Å². The number of hydrogen-bond donors (Lipinski definition) is 1. The van der Waals surface area contributed by atoms with Crippen LogP contribution in [0.5, 0.6) is 0 Å². The van der Waals surface area contributed by atoms with E-state index in [1.54, 1.807) is 0 Å². The number of para-hydroxylation sites is 1. The van der Waals surface area contributed by atoms with Crippen LogP contribution in [0.25, 0.3) is 0 Å². The molecule has 14 heavy (non-hydrogen) atoms. The van der Waals surface area contributed by atoms with Crippen molar-refractivity contribution >= 4 is 15.8 Å². The summed E-state index contributed by atoms with van der Waals surface area (Å²) < 4.78 is 29.8. The van der Waals surface area contributed by atoms with E-state index in [0.29, 0.717) is 0 Å². The van der Waals surface area contributed by atoms with E-state index in [1.165, 1.54) is 12.1 Å². The van der Waals surface area contributed by atoms with Gasteiger partial charge in [0, 0.05) is 32.3 Å². The summed E-state index contributed by atoms with van der Waals surface area (Å²) in [5.41, 5.74) is -0.634. The zero-order chi connectivity index (χ0) is 10.1. The Labute approximate surface area is 99.0 Å². The Morgan fingerprint density at radius 3 is 2.14 bits per heavy atom. The fraction of sp³-hybridized carbons (Fsp3) is 0. The van der Waals surface area contributed by atoms with Crippen LogP contribution in [-0.4, -0.2) is 17.9 Å². The third-order valence-electron chi connectivity index (χ3n) is 1.34. The number of benzene rings is 1. The number of nitrogens with zero attached hydrogens (tertiary/aromatic N) is 1. The molecule has 8 heteroatoms. The van der Waals surface area contributed by atoms with Crippen LogP contribution in [0.15, 0.2) is 29.2 Å². The first kappa shape index (κ1) is 13.4. The summed E-state index contributed by atoms with van der Waals surface area (Å²) >= 11 is 0. The molecular formula is C6H5NO5SZr. The smallest absolute Gasteiger partial charge is 0.282 e. The first-order chi connectivity index (χ1) is 5.93. The van der Waals surface area contributed by atoms with E-state index in [9.17, 15) is 18.5 Å². The largest absolute Gasteiger partial charge is 0.301 e. The molecule has 0 aromatic heterocycles. The standard InChI is InChI=1S/C6H5NO5S.Zr/c8-7(9)5-3-1-2-4-6(5)13(10,11)12;/h1-4H,(H,10,11,12);. The second-order valence-corrected chi connectivity index (χ2v) is 3.59. The minimum Gasteiger partial charge on any atom is -0.282 e. The second kappa shape index (κ2) is 4.77. The molecule has 0 unspecified atom stereocenters. The van der Waals surface area contributed by atoms with Crippen molar-refractivity contribution in [2.45, 2.75) is 4.90 Å². The van der Waals surface area contributed by atoms with Crippen molar-refractivity contribution in [3.05, 3.63) is 34.4 Å². The molecule has 0 radical (unpaired) electrons. The molecule has 1 rings (SSSR count). The quantitative estimate of drug-likeness (QED) is 0.495. The molecule has 74 valence electrons. The molecule has 0 bridgehead atoms. The monoisotopic (exact) mass is 293 g/mol. The average molecular weight is 294 g/mol. The Bertz CT molecular complexity index is 443. The predicted molar refractivity (Wildman–Crippen MR) is 42.9 cm³/mol. The van der Waals surface area contributed by atoms with E-state index in [2.05, 4.69) is 0 Å². The summed E-state index contributed by atoms with van der Waals surface area (Å²) in [7, 11) is -4.52. The Morgan fingerprint density at radius 1 is 1.29 bits per heavy atom. The van der Waals surface area contributed by atoms with Crippen LogP contribution in [0, 0.1) is 10.1 Å². The number of rotatable bonds is 2. The van der Waals surface area contributed by atoms with Gasteiger partial charge in [0.05, 0.1) is 4.92 Å². The van der Waals surface area contributed by atoms with E-state index < -0.39 is 25.6 Å². The third kappa shape index (κ3) is 2.97. The molecule has 0 aliphatic rings. The Morgan fingerprint density at radius 2 is 1.79 bits per heavy atom. The summed E-state index contributed by atoms with van der Waals surface area (Å²) in [6, 6.07) is 4.57. The summed E-state index contributed by atoms with van der Waals surface area (Å²) in [5.74, 6) is 0. The van der Waals surface area contributed by atoms with Crippen molar-refractivity contribution < 1.29 is 44.1 Å². The average Bonchev–Trinajstić information content (AvgIpc) is 2.03. The van der Waals surface area contributed by atoms with Gasteiger partial charge in [-0.1, -0.05) is 12.1 Å². The Balaban J connectivity index is 0.00000169. The summed E-state index contributed by atoms with van der Waals surface area (Å²) in [5, 5.41) is 10.3. The fourth-order valence-corrected chi connectivity index (χ4v) is 1.48. The van der Waals surface area contributed by atoms with Gasteiger partial charge in [-0.25, -0.2) is 0 Å². The third-order valence-corrected chi connectivity index (χ3v) is 2.24. The molecule has 0 fully saturated rings. The minimum absolute atomic E-state index is 0. The molecule has 6 nitrogen and oxygen atoms in total. The van der Waals surface area contributed by atoms with Crippen LogP contribution in [0.3, 0.4) is 0 Å². The van der Waals surface area contributed by atoms with Gasteiger partial charge in [-0.2, -0.15) is 8.42 Å². The molecule has 0 saturated carbocycles. The SMILES string of the molecule is O=[N+]([O-])c1ccccc1S(=O)(=O)O.[Zr]. The topological polar surface area (TPSA) is 97.5 Å². The number of nitro benzene ring substituents is 1. The van der Waals surface area contributed by atoms with E-state index in [-0.39, 0.29) is 26.2 Å². The van der Waals surface area contributed by atoms with Crippen LogP contribution < -0.4 is 0 Å². The molecule has 0 aliphatic carbocycles. The molecule has 1 aromatic carbocycles. The van der Waals surface area contributed by atoms with Gasteiger partial charge in [0.2, 0.25) is 0 Å². The summed E-state index contributed by atoms with van der Waals surface area (Å²) in [6.45, 7) is 0. The van der Waals surface area contributed by atoms with Crippen molar-refractivity contribution in [2.24, 2.45) is 0 Å². The van der Waals surface area contributed by atoms with Gasteiger partial charge in [0.1, 0.15) is 0 Å². The molecule has 0 saturated heterocycles. The van der Waals surface area contributed by atoms with Crippen molar-refractivity contribution in [1.29, 1.82) is 0 Å². The fourth-order valence-electron chi connectivity index (χ4n) is 0.826. The molecule has 0 aliphatic heterocycles. The van der Waals surface area contributed by atoms with Crippen LogP contribution in [0.4, 0.5) is 5.69 Å². The molecular weight excluding hydrogens is 289 g/mol. The molecule has 1 aromatic rings. The maximum absolute atomic E-state index is 10.6. The van der Waals surface area contributed by atoms with Crippen molar-refractivity contribution in [2.75, 3.05) is 0 Å². The van der Waals surface area contributed by atoms with Crippen LogP contribution in [-0.2, 0) is 36.3 Å². The summed E-state index contributed by atoms with van der Waals surface area (Å²) in [6.07, 6.45) is 0. The van der Waals surface area contributed by atoms with Crippen molar-refractivity contribution in [3.8, 4) is 0 Å². The van der Waals surface area contributed by atoms with Crippen LogP contribution >= 0.6 is 0 Å². The summed E-state index contributed by atoms with van der Waals surface area (Å²) in [4.78, 5) is 8.73. The van der Waals surface area contributed by atoms with Crippen LogP contribution in [0.1, 0.15) is 0 Å². The first-order valence-corrected chi connectivity index (χ1v) is 4.58. The zero-order valence-corrected chi connectivity index (χ0v) is 10.0. The Kier molecular flexibility index (Phi) is 4.57. The molecule has 0 amide bonds. The van der Waals surface area contributed by atoms with Gasteiger partial charge in [-0.15, -0.1) is 0 Å². The maximum atomic E-state index is 10.6. The van der Waals surface area contributed by atoms with E-state index in [0.717, 1.165) is 12.1 Å². The van der Waals surface area contributed by atoms with Gasteiger partial charge in [0.15, 0.2) is 4.90 Å². The molecule has 1 N–H and O–H groups in total. The number of hydrogen-bond acceptors (Lipinski definition) is 4. The zero-order valence-electron chi connectivity index (χ0n) is 6.75. The van der Waals surface area contributed by atoms with E-state index in [1.807, 2.05) is 0 Å². The molecule has 0 heterocycles.